The minimum absolute atomic E-state index is 0.145. The topological polar surface area (TPSA) is 58.3 Å². The van der Waals surface area contributed by atoms with Crippen molar-refractivity contribution in [2.45, 2.75) is 13.5 Å². The molecule has 0 unspecified atom stereocenters. The zero-order valence-electron chi connectivity index (χ0n) is 11.5. The summed E-state index contributed by atoms with van der Waals surface area (Å²) in [5, 5.41) is 12.5. The van der Waals surface area contributed by atoms with E-state index in [1.54, 1.807) is 0 Å². The van der Waals surface area contributed by atoms with Crippen molar-refractivity contribution < 1.29 is 5.11 Å². The van der Waals surface area contributed by atoms with Crippen LogP contribution in [0.4, 0.5) is 5.69 Å². The minimum atomic E-state index is 0.145. The smallest absolute Gasteiger partial charge is 0.0644 e. The first kappa shape index (κ1) is 14.9. The van der Waals surface area contributed by atoms with Crippen LogP contribution < -0.4 is 11.1 Å². The summed E-state index contributed by atoms with van der Waals surface area (Å²) in [5.41, 5.74) is 10.8. The van der Waals surface area contributed by atoms with Crippen molar-refractivity contribution in [3.05, 3.63) is 52.5 Å². The molecule has 0 saturated heterocycles. The Kier molecular flexibility index (Phi) is 5.01. The van der Waals surface area contributed by atoms with Crippen LogP contribution in [0.15, 0.2) is 36.4 Å². The fourth-order valence-corrected chi connectivity index (χ4v) is 2.36. The number of rotatable bonds is 5. The summed E-state index contributed by atoms with van der Waals surface area (Å²) in [7, 11) is 0. The van der Waals surface area contributed by atoms with Crippen molar-refractivity contribution in [3.63, 3.8) is 0 Å². The Hall–Kier alpha value is -1.55. The Morgan fingerprint density at radius 1 is 1.20 bits per heavy atom. The molecule has 2 rings (SSSR count). The highest BCUT2D eigenvalue weighted by Gasteiger charge is 2.06. The number of hydrogen-bond donors (Lipinski definition) is 3. The molecule has 0 amide bonds. The Labute approximate surface area is 124 Å². The molecular formula is C16H19ClN2O. The predicted octanol–water partition coefficient (Wildman–Crippen LogP) is 2.98. The van der Waals surface area contributed by atoms with Crippen LogP contribution in [0.25, 0.3) is 11.1 Å². The van der Waals surface area contributed by atoms with Gasteiger partial charge < -0.3 is 16.2 Å². The van der Waals surface area contributed by atoms with Gasteiger partial charge in [-0.05, 0) is 47.4 Å². The standard InChI is InChI=1S/C16H19ClN2O/c1-11-7-14(9-15(17)16(11)18)13-4-2-3-12(8-13)10-19-5-6-20/h2-4,7-9,19-20H,5-6,10,18H2,1H3. The van der Waals surface area contributed by atoms with E-state index in [0.717, 1.165) is 23.2 Å². The lowest BCUT2D eigenvalue weighted by atomic mass is 10.0. The summed E-state index contributed by atoms with van der Waals surface area (Å²) in [4.78, 5) is 0. The molecule has 0 radical (unpaired) electrons. The predicted molar refractivity (Wildman–Crippen MR) is 84.8 cm³/mol. The largest absolute Gasteiger partial charge is 0.397 e. The Morgan fingerprint density at radius 2 is 2.00 bits per heavy atom. The fourth-order valence-electron chi connectivity index (χ4n) is 2.09. The number of halogens is 1. The third-order valence-corrected chi connectivity index (χ3v) is 3.53. The average molecular weight is 291 g/mol. The third kappa shape index (κ3) is 3.51. The molecule has 0 aliphatic rings. The minimum Gasteiger partial charge on any atom is -0.397 e. The van der Waals surface area contributed by atoms with Gasteiger partial charge in [-0.15, -0.1) is 0 Å². The van der Waals surface area contributed by atoms with Crippen molar-refractivity contribution >= 4 is 17.3 Å². The highest BCUT2D eigenvalue weighted by Crippen LogP contribution is 2.30. The second-order valence-corrected chi connectivity index (χ2v) is 5.20. The van der Waals surface area contributed by atoms with E-state index in [2.05, 4.69) is 23.5 Å². The number of nitrogens with one attached hydrogen (secondary N) is 1. The van der Waals surface area contributed by atoms with Gasteiger partial charge in [-0.1, -0.05) is 29.8 Å². The molecule has 0 spiro atoms. The molecule has 0 aliphatic heterocycles. The highest BCUT2D eigenvalue weighted by molar-refractivity contribution is 6.33. The first-order valence-electron chi connectivity index (χ1n) is 6.58. The second kappa shape index (κ2) is 6.75. The zero-order valence-corrected chi connectivity index (χ0v) is 12.2. The van der Waals surface area contributed by atoms with Crippen molar-refractivity contribution in [3.8, 4) is 11.1 Å². The molecule has 0 saturated carbocycles. The molecule has 4 heteroatoms. The summed E-state index contributed by atoms with van der Waals surface area (Å²) >= 11 is 6.15. The summed E-state index contributed by atoms with van der Waals surface area (Å²) in [6, 6.07) is 12.2. The Balaban J connectivity index is 2.26. The molecule has 4 N–H and O–H groups in total. The molecule has 106 valence electrons. The maximum Gasteiger partial charge on any atom is 0.0644 e. The van der Waals surface area contributed by atoms with Gasteiger partial charge in [-0.2, -0.15) is 0 Å². The Bertz CT molecular complexity index is 576. The van der Waals surface area contributed by atoms with E-state index >= 15 is 0 Å². The molecule has 3 nitrogen and oxygen atoms in total. The molecule has 2 aromatic carbocycles. The van der Waals surface area contributed by atoms with Crippen LogP contribution in [0.5, 0.6) is 0 Å². The average Bonchev–Trinajstić information content (AvgIpc) is 2.45. The number of benzene rings is 2. The van der Waals surface area contributed by atoms with Gasteiger partial charge in [0.25, 0.3) is 0 Å². The lowest BCUT2D eigenvalue weighted by molar-refractivity contribution is 0.292. The molecule has 0 aromatic heterocycles. The molecule has 0 fully saturated rings. The molecule has 2 aromatic rings. The van der Waals surface area contributed by atoms with E-state index in [1.165, 1.54) is 5.56 Å². The van der Waals surface area contributed by atoms with Gasteiger partial charge in [0.15, 0.2) is 0 Å². The number of nitrogens with two attached hydrogens (primary N) is 1. The van der Waals surface area contributed by atoms with E-state index < -0.39 is 0 Å². The highest BCUT2D eigenvalue weighted by atomic mass is 35.5. The van der Waals surface area contributed by atoms with E-state index in [9.17, 15) is 0 Å². The van der Waals surface area contributed by atoms with Crippen LogP contribution in [-0.2, 0) is 6.54 Å². The molecular weight excluding hydrogens is 272 g/mol. The summed E-state index contributed by atoms with van der Waals surface area (Å²) in [5.74, 6) is 0. The zero-order chi connectivity index (χ0) is 14.5. The quantitative estimate of drug-likeness (QED) is 0.586. The molecule has 0 atom stereocenters. The van der Waals surface area contributed by atoms with Gasteiger partial charge in [0.1, 0.15) is 0 Å². The second-order valence-electron chi connectivity index (χ2n) is 4.79. The molecule has 20 heavy (non-hydrogen) atoms. The van der Waals surface area contributed by atoms with Crippen LogP contribution in [0.3, 0.4) is 0 Å². The molecule has 0 heterocycles. The van der Waals surface area contributed by atoms with E-state index in [-0.39, 0.29) is 6.61 Å². The first-order valence-corrected chi connectivity index (χ1v) is 6.96. The number of anilines is 1. The van der Waals surface area contributed by atoms with E-state index in [4.69, 9.17) is 22.4 Å². The van der Waals surface area contributed by atoms with Gasteiger partial charge in [-0.25, -0.2) is 0 Å². The lowest BCUT2D eigenvalue weighted by Gasteiger charge is -2.10. The number of aliphatic hydroxyl groups excluding tert-OH is 1. The van der Waals surface area contributed by atoms with E-state index in [1.807, 2.05) is 25.1 Å². The number of hydrogen-bond acceptors (Lipinski definition) is 3. The number of aryl methyl sites for hydroxylation is 1. The lowest BCUT2D eigenvalue weighted by Crippen LogP contribution is -2.17. The van der Waals surface area contributed by atoms with Crippen molar-refractivity contribution in [1.29, 1.82) is 0 Å². The normalized spacial score (nSPS) is 10.8. The van der Waals surface area contributed by atoms with Gasteiger partial charge >= 0.3 is 0 Å². The Morgan fingerprint density at radius 3 is 2.70 bits per heavy atom. The summed E-state index contributed by atoms with van der Waals surface area (Å²) in [6.45, 7) is 3.43. The SMILES string of the molecule is Cc1cc(-c2cccc(CNCCO)c2)cc(Cl)c1N. The van der Waals surface area contributed by atoms with Crippen molar-refractivity contribution in [1.82, 2.24) is 5.32 Å². The van der Waals surface area contributed by atoms with E-state index in [0.29, 0.717) is 17.3 Å². The van der Waals surface area contributed by atoms with Gasteiger partial charge in [0.2, 0.25) is 0 Å². The maximum atomic E-state index is 8.77. The van der Waals surface area contributed by atoms with Crippen molar-refractivity contribution in [2.24, 2.45) is 0 Å². The van der Waals surface area contributed by atoms with Gasteiger partial charge in [0.05, 0.1) is 17.3 Å². The molecule has 0 bridgehead atoms. The van der Waals surface area contributed by atoms with Gasteiger partial charge in [0, 0.05) is 13.1 Å². The van der Waals surface area contributed by atoms with Crippen LogP contribution in [-0.4, -0.2) is 18.3 Å². The van der Waals surface area contributed by atoms with Crippen LogP contribution in [0.1, 0.15) is 11.1 Å². The monoisotopic (exact) mass is 290 g/mol. The van der Waals surface area contributed by atoms with Crippen LogP contribution in [0.2, 0.25) is 5.02 Å². The summed E-state index contributed by atoms with van der Waals surface area (Å²) in [6.07, 6.45) is 0. The van der Waals surface area contributed by atoms with Gasteiger partial charge in [-0.3, -0.25) is 0 Å². The fraction of sp³-hybridized carbons (Fsp3) is 0.250. The van der Waals surface area contributed by atoms with Crippen LogP contribution >= 0.6 is 11.6 Å². The first-order chi connectivity index (χ1) is 9.61. The summed E-state index contributed by atoms with van der Waals surface area (Å²) < 4.78 is 0. The van der Waals surface area contributed by atoms with Crippen molar-refractivity contribution in [2.75, 3.05) is 18.9 Å². The van der Waals surface area contributed by atoms with Crippen LogP contribution in [0, 0.1) is 6.92 Å². The number of aliphatic hydroxyl groups is 1. The number of nitrogen functional groups attached to an aromatic ring is 1. The third-order valence-electron chi connectivity index (χ3n) is 3.21. The molecule has 0 aliphatic carbocycles. The maximum absolute atomic E-state index is 8.77.